The van der Waals surface area contributed by atoms with Crippen LogP contribution in [-0.4, -0.2) is 39.8 Å². The first-order valence-corrected chi connectivity index (χ1v) is 6.43. The Morgan fingerprint density at radius 3 is 2.83 bits per heavy atom. The molecule has 0 aromatic carbocycles. The normalized spacial score (nSPS) is 23.7. The SMILES string of the molecule is COc1nc(Cl)nc(NC2CCCCC2CO)n1. The summed E-state index contributed by atoms with van der Waals surface area (Å²) in [6.07, 6.45) is 4.32. The smallest absolute Gasteiger partial charge is 0.322 e. The average molecular weight is 273 g/mol. The van der Waals surface area contributed by atoms with Crippen LogP contribution in [0.25, 0.3) is 0 Å². The Balaban J connectivity index is 2.09. The summed E-state index contributed by atoms with van der Waals surface area (Å²) in [6.45, 7) is 0.174. The van der Waals surface area contributed by atoms with Gasteiger partial charge in [-0.15, -0.1) is 0 Å². The number of hydrogen-bond donors (Lipinski definition) is 2. The van der Waals surface area contributed by atoms with E-state index in [0.29, 0.717) is 5.95 Å². The molecule has 0 saturated heterocycles. The zero-order valence-corrected chi connectivity index (χ0v) is 11.0. The van der Waals surface area contributed by atoms with E-state index in [1.54, 1.807) is 0 Å². The molecule has 1 aromatic heterocycles. The van der Waals surface area contributed by atoms with Gasteiger partial charge in [0.15, 0.2) is 0 Å². The van der Waals surface area contributed by atoms with Crippen LogP contribution < -0.4 is 10.1 Å². The van der Waals surface area contributed by atoms with Crippen molar-refractivity contribution in [2.45, 2.75) is 31.7 Å². The lowest BCUT2D eigenvalue weighted by molar-refractivity contribution is 0.178. The summed E-state index contributed by atoms with van der Waals surface area (Å²) >= 11 is 5.79. The van der Waals surface area contributed by atoms with Gasteiger partial charge in [0.1, 0.15) is 0 Å². The first-order valence-electron chi connectivity index (χ1n) is 6.06. The number of halogens is 1. The molecular weight excluding hydrogens is 256 g/mol. The van der Waals surface area contributed by atoms with Gasteiger partial charge < -0.3 is 15.2 Å². The largest absolute Gasteiger partial charge is 0.467 e. The van der Waals surface area contributed by atoms with Crippen molar-refractivity contribution in [1.29, 1.82) is 0 Å². The van der Waals surface area contributed by atoms with E-state index in [9.17, 15) is 5.11 Å². The molecule has 1 heterocycles. The van der Waals surface area contributed by atoms with Crippen LogP contribution in [0.3, 0.4) is 0 Å². The van der Waals surface area contributed by atoms with Gasteiger partial charge in [0.2, 0.25) is 11.2 Å². The predicted molar refractivity (Wildman–Crippen MR) is 67.8 cm³/mol. The number of methoxy groups -OCH3 is 1. The highest BCUT2D eigenvalue weighted by atomic mass is 35.5. The number of anilines is 1. The van der Waals surface area contributed by atoms with Crippen molar-refractivity contribution in [2.75, 3.05) is 19.0 Å². The van der Waals surface area contributed by atoms with Crippen molar-refractivity contribution < 1.29 is 9.84 Å². The second-order valence-corrected chi connectivity index (χ2v) is 4.73. The van der Waals surface area contributed by atoms with Crippen molar-refractivity contribution >= 4 is 17.5 Å². The number of hydrogen-bond acceptors (Lipinski definition) is 6. The number of aliphatic hydroxyl groups excluding tert-OH is 1. The Morgan fingerprint density at radius 2 is 2.11 bits per heavy atom. The van der Waals surface area contributed by atoms with Gasteiger partial charge >= 0.3 is 6.01 Å². The molecule has 0 amide bonds. The number of ether oxygens (including phenoxy) is 1. The van der Waals surface area contributed by atoms with Crippen LogP contribution in [0.1, 0.15) is 25.7 Å². The average Bonchev–Trinajstić information content (AvgIpc) is 2.38. The number of aromatic nitrogens is 3. The van der Waals surface area contributed by atoms with Gasteiger partial charge in [0, 0.05) is 18.6 Å². The highest BCUT2D eigenvalue weighted by molar-refractivity contribution is 6.28. The molecular formula is C11H17ClN4O2. The minimum atomic E-state index is 0.0979. The summed E-state index contributed by atoms with van der Waals surface area (Å²) in [5.41, 5.74) is 0. The first kappa shape index (κ1) is 13.3. The van der Waals surface area contributed by atoms with E-state index in [1.165, 1.54) is 7.11 Å². The van der Waals surface area contributed by atoms with Crippen LogP contribution in [0, 0.1) is 5.92 Å². The summed E-state index contributed by atoms with van der Waals surface area (Å²) in [6, 6.07) is 0.362. The second kappa shape index (κ2) is 6.15. The Morgan fingerprint density at radius 1 is 1.33 bits per heavy atom. The first-order chi connectivity index (χ1) is 8.72. The molecule has 1 aliphatic rings. The van der Waals surface area contributed by atoms with E-state index in [4.69, 9.17) is 16.3 Å². The number of rotatable bonds is 4. The molecule has 1 aliphatic carbocycles. The number of aliphatic hydroxyl groups is 1. The van der Waals surface area contributed by atoms with E-state index in [0.717, 1.165) is 25.7 Å². The summed E-state index contributed by atoms with van der Waals surface area (Å²) in [5, 5.41) is 12.7. The molecule has 2 N–H and O–H groups in total. The summed E-state index contributed by atoms with van der Waals surface area (Å²) < 4.78 is 4.94. The van der Waals surface area contributed by atoms with Crippen molar-refractivity contribution in [1.82, 2.24) is 15.0 Å². The lowest BCUT2D eigenvalue weighted by atomic mass is 9.85. The molecule has 1 fully saturated rings. The molecule has 1 aromatic rings. The molecule has 6 nitrogen and oxygen atoms in total. The van der Waals surface area contributed by atoms with Gasteiger partial charge in [-0.1, -0.05) is 12.8 Å². The third-order valence-electron chi connectivity index (χ3n) is 3.23. The van der Waals surface area contributed by atoms with Crippen molar-refractivity contribution in [2.24, 2.45) is 5.92 Å². The minimum Gasteiger partial charge on any atom is -0.467 e. The number of nitrogens with zero attached hydrogens (tertiary/aromatic N) is 3. The third kappa shape index (κ3) is 3.20. The van der Waals surface area contributed by atoms with E-state index in [-0.39, 0.29) is 29.9 Å². The fourth-order valence-corrected chi connectivity index (χ4v) is 2.42. The van der Waals surface area contributed by atoms with Crippen LogP contribution in [0.2, 0.25) is 5.28 Å². The molecule has 2 unspecified atom stereocenters. The molecule has 2 atom stereocenters. The van der Waals surface area contributed by atoms with E-state index < -0.39 is 0 Å². The van der Waals surface area contributed by atoms with Gasteiger partial charge in [-0.25, -0.2) is 0 Å². The van der Waals surface area contributed by atoms with Crippen LogP contribution >= 0.6 is 11.6 Å². The Labute approximate surface area is 111 Å². The standard InChI is InChI=1S/C11H17ClN4O2/c1-18-11-15-9(12)14-10(16-11)13-8-5-3-2-4-7(8)6-17/h7-8,17H,2-6H2,1H3,(H,13,14,15,16). The monoisotopic (exact) mass is 272 g/mol. The van der Waals surface area contributed by atoms with Gasteiger partial charge in [-0.05, 0) is 24.4 Å². The molecule has 2 rings (SSSR count). The fraction of sp³-hybridized carbons (Fsp3) is 0.727. The number of nitrogens with one attached hydrogen (secondary N) is 1. The quantitative estimate of drug-likeness (QED) is 0.865. The highest BCUT2D eigenvalue weighted by Crippen LogP contribution is 2.26. The van der Waals surface area contributed by atoms with Gasteiger partial charge in [-0.2, -0.15) is 15.0 Å². The maximum Gasteiger partial charge on any atom is 0.322 e. The second-order valence-electron chi connectivity index (χ2n) is 4.39. The lowest BCUT2D eigenvalue weighted by Gasteiger charge is -2.30. The minimum absolute atomic E-state index is 0.0979. The Hall–Kier alpha value is -1.14. The van der Waals surface area contributed by atoms with Gasteiger partial charge in [-0.3, -0.25) is 0 Å². The van der Waals surface area contributed by atoms with Crippen LogP contribution in [-0.2, 0) is 0 Å². The molecule has 0 bridgehead atoms. The molecule has 0 radical (unpaired) electrons. The molecule has 18 heavy (non-hydrogen) atoms. The van der Waals surface area contributed by atoms with Crippen LogP contribution in [0.5, 0.6) is 6.01 Å². The zero-order chi connectivity index (χ0) is 13.0. The molecule has 0 spiro atoms. The van der Waals surface area contributed by atoms with Crippen molar-refractivity contribution in [3.05, 3.63) is 5.28 Å². The van der Waals surface area contributed by atoms with E-state index in [2.05, 4.69) is 20.3 Å². The predicted octanol–water partition coefficient (Wildman–Crippen LogP) is 1.50. The molecule has 0 aliphatic heterocycles. The highest BCUT2D eigenvalue weighted by Gasteiger charge is 2.25. The maximum atomic E-state index is 9.35. The Bertz CT molecular complexity index is 405. The van der Waals surface area contributed by atoms with Gasteiger partial charge in [0.05, 0.1) is 7.11 Å². The zero-order valence-electron chi connectivity index (χ0n) is 10.3. The summed E-state index contributed by atoms with van der Waals surface area (Å²) in [5.74, 6) is 0.637. The van der Waals surface area contributed by atoms with Gasteiger partial charge in [0.25, 0.3) is 0 Å². The molecule has 100 valence electrons. The van der Waals surface area contributed by atoms with E-state index >= 15 is 0 Å². The van der Waals surface area contributed by atoms with Crippen molar-refractivity contribution in [3.8, 4) is 6.01 Å². The lowest BCUT2D eigenvalue weighted by Crippen LogP contribution is -2.35. The Kier molecular flexibility index (Phi) is 4.54. The molecule has 7 heteroatoms. The van der Waals surface area contributed by atoms with Crippen molar-refractivity contribution in [3.63, 3.8) is 0 Å². The summed E-state index contributed by atoms with van der Waals surface area (Å²) in [4.78, 5) is 11.9. The fourth-order valence-electron chi connectivity index (χ4n) is 2.27. The van der Waals surface area contributed by atoms with E-state index in [1.807, 2.05) is 0 Å². The summed E-state index contributed by atoms with van der Waals surface area (Å²) in [7, 11) is 1.48. The third-order valence-corrected chi connectivity index (χ3v) is 3.40. The van der Waals surface area contributed by atoms with Crippen LogP contribution in [0.4, 0.5) is 5.95 Å². The topological polar surface area (TPSA) is 80.2 Å². The van der Waals surface area contributed by atoms with Crippen LogP contribution in [0.15, 0.2) is 0 Å². The maximum absolute atomic E-state index is 9.35. The molecule has 1 saturated carbocycles.